The summed E-state index contributed by atoms with van der Waals surface area (Å²) in [4.78, 5) is 0. The number of hydrogen-bond acceptors (Lipinski definition) is 1. The van der Waals surface area contributed by atoms with Crippen molar-refractivity contribution in [3.63, 3.8) is 0 Å². The van der Waals surface area contributed by atoms with Gasteiger partial charge in [-0.25, -0.2) is 0 Å². The molecule has 1 unspecified atom stereocenters. The summed E-state index contributed by atoms with van der Waals surface area (Å²) in [7, 11) is 0. The fraction of sp³-hybridized carbons (Fsp3) is 0.333. The Kier molecular flexibility index (Phi) is 5.13. The normalized spacial score (nSPS) is 13.2. The summed E-state index contributed by atoms with van der Waals surface area (Å²) >= 11 is 9.40. The lowest BCUT2D eigenvalue weighted by Crippen LogP contribution is -2.15. The SMILES string of the molecule is CCC(C)(C)c1ccc(C(O)c2ccc(Cl)cc2Br)cc1. The van der Waals surface area contributed by atoms with E-state index in [4.69, 9.17) is 11.6 Å². The van der Waals surface area contributed by atoms with Crippen LogP contribution in [-0.4, -0.2) is 5.11 Å². The van der Waals surface area contributed by atoms with Crippen LogP contribution in [0.2, 0.25) is 5.02 Å². The van der Waals surface area contributed by atoms with E-state index in [2.05, 4.69) is 48.8 Å². The van der Waals surface area contributed by atoms with Gasteiger partial charge < -0.3 is 5.11 Å². The van der Waals surface area contributed by atoms with Crippen molar-refractivity contribution in [1.82, 2.24) is 0 Å². The molecule has 2 rings (SSSR count). The van der Waals surface area contributed by atoms with Crippen LogP contribution in [0.1, 0.15) is 50.0 Å². The zero-order valence-electron chi connectivity index (χ0n) is 12.5. The van der Waals surface area contributed by atoms with Gasteiger partial charge in [0.2, 0.25) is 0 Å². The zero-order chi connectivity index (χ0) is 15.6. The molecular weight excluding hydrogens is 348 g/mol. The molecule has 0 amide bonds. The van der Waals surface area contributed by atoms with Gasteiger partial charge in [-0.3, -0.25) is 0 Å². The third kappa shape index (κ3) is 3.68. The molecule has 1 nitrogen and oxygen atoms in total. The highest BCUT2D eigenvalue weighted by Gasteiger charge is 2.19. The molecule has 0 radical (unpaired) electrons. The van der Waals surface area contributed by atoms with Crippen LogP contribution in [0.3, 0.4) is 0 Å². The maximum absolute atomic E-state index is 10.5. The van der Waals surface area contributed by atoms with Crippen molar-refractivity contribution < 1.29 is 5.11 Å². The second-order valence-electron chi connectivity index (χ2n) is 5.93. The summed E-state index contributed by atoms with van der Waals surface area (Å²) < 4.78 is 0.820. The molecule has 1 N–H and O–H groups in total. The van der Waals surface area contributed by atoms with Gasteiger partial charge >= 0.3 is 0 Å². The molecule has 2 aromatic carbocycles. The van der Waals surface area contributed by atoms with E-state index in [1.165, 1.54) is 5.56 Å². The van der Waals surface area contributed by atoms with E-state index in [9.17, 15) is 5.11 Å². The van der Waals surface area contributed by atoms with E-state index in [0.717, 1.165) is 22.0 Å². The van der Waals surface area contributed by atoms with Gasteiger partial charge in [-0.1, -0.05) is 78.6 Å². The van der Waals surface area contributed by atoms with Gasteiger partial charge in [-0.15, -0.1) is 0 Å². The molecule has 0 aliphatic carbocycles. The standard InChI is InChI=1S/C18H20BrClO/c1-4-18(2,3)13-7-5-12(6-8-13)17(21)15-10-9-14(20)11-16(15)19/h5-11,17,21H,4H2,1-3H3. The lowest BCUT2D eigenvalue weighted by Gasteiger charge is -2.24. The molecule has 2 aromatic rings. The molecule has 0 bridgehead atoms. The van der Waals surface area contributed by atoms with Crippen LogP contribution >= 0.6 is 27.5 Å². The quantitative estimate of drug-likeness (QED) is 0.716. The predicted molar refractivity (Wildman–Crippen MR) is 93.0 cm³/mol. The molecule has 0 saturated heterocycles. The Hall–Kier alpha value is -0.830. The van der Waals surface area contributed by atoms with Gasteiger partial charge in [0.05, 0.1) is 0 Å². The summed E-state index contributed by atoms with van der Waals surface area (Å²) in [5.41, 5.74) is 3.15. The smallest absolute Gasteiger partial charge is 0.105 e. The molecule has 1 atom stereocenters. The minimum atomic E-state index is -0.657. The van der Waals surface area contributed by atoms with E-state index in [-0.39, 0.29) is 5.41 Å². The second-order valence-corrected chi connectivity index (χ2v) is 7.22. The highest BCUT2D eigenvalue weighted by Crippen LogP contribution is 2.32. The Morgan fingerprint density at radius 3 is 2.29 bits per heavy atom. The summed E-state index contributed by atoms with van der Waals surface area (Å²) in [6.45, 7) is 6.65. The van der Waals surface area contributed by atoms with Gasteiger partial charge in [0, 0.05) is 9.50 Å². The van der Waals surface area contributed by atoms with E-state index in [0.29, 0.717) is 5.02 Å². The van der Waals surface area contributed by atoms with Crippen molar-refractivity contribution in [1.29, 1.82) is 0 Å². The molecule has 112 valence electrons. The van der Waals surface area contributed by atoms with Crippen molar-refractivity contribution in [3.8, 4) is 0 Å². The van der Waals surface area contributed by atoms with E-state index in [1.807, 2.05) is 18.2 Å². The number of benzene rings is 2. The molecule has 0 spiro atoms. The first-order valence-electron chi connectivity index (χ1n) is 7.08. The summed E-state index contributed by atoms with van der Waals surface area (Å²) in [5.74, 6) is 0. The Bertz CT molecular complexity index is 620. The monoisotopic (exact) mass is 366 g/mol. The minimum absolute atomic E-state index is 0.157. The fourth-order valence-corrected chi connectivity index (χ4v) is 3.12. The average molecular weight is 368 g/mol. The third-order valence-electron chi connectivity index (χ3n) is 4.15. The maximum Gasteiger partial charge on any atom is 0.105 e. The highest BCUT2D eigenvalue weighted by atomic mass is 79.9. The Balaban J connectivity index is 2.30. The first kappa shape index (κ1) is 16.5. The van der Waals surface area contributed by atoms with Crippen molar-refractivity contribution in [2.24, 2.45) is 0 Å². The minimum Gasteiger partial charge on any atom is -0.384 e. The predicted octanol–water partition coefficient (Wildman–Crippen LogP) is 5.87. The lowest BCUT2D eigenvalue weighted by atomic mass is 9.82. The molecule has 0 aromatic heterocycles. The molecule has 0 heterocycles. The van der Waals surface area contributed by atoms with Gasteiger partial charge in [0.25, 0.3) is 0 Å². The fourth-order valence-electron chi connectivity index (χ4n) is 2.22. The largest absolute Gasteiger partial charge is 0.384 e. The van der Waals surface area contributed by atoms with Gasteiger partial charge in [-0.2, -0.15) is 0 Å². The summed E-state index contributed by atoms with van der Waals surface area (Å²) in [5, 5.41) is 11.2. The Morgan fingerprint density at radius 2 is 1.76 bits per heavy atom. The van der Waals surface area contributed by atoms with Crippen LogP contribution in [0.4, 0.5) is 0 Å². The number of halogens is 2. The molecule has 21 heavy (non-hydrogen) atoms. The zero-order valence-corrected chi connectivity index (χ0v) is 14.9. The van der Waals surface area contributed by atoms with Crippen LogP contribution in [0.25, 0.3) is 0 Å². The Morgan fingerprint density at radius 1 is 1.14 bits per heavy atom. The molecule has 0 saturated carbocycles. The summed E-state index contributed by atoms with van der Waals surface area (Å²) in [6.07, 6.45) is 0.424. The Labute approximate surface area is 140 Å². The second kappa shape index (κ2) is 6.51. The van der Waals surface area contributed by atoms with Crippen molar-refractivity contribution in [2.75, 3.05) is 0 Å². The highest BCUT2D eigenvalue weighted by molar-refractivity contribution is 9.10. The summed E-state index contributed by atoms with van der Waals surface area (Å²) in [6, 6.07) is 13.6. The van der Waals surface area contributed by atoms with Gasteiger partial charge in [-0.05, 0) is 40.7 Å². The van der Waals surface area contributed by atoms with E-state index in [1.54, 1.807) is 12.1 Å². The average Bonchev–Trinajstić information content (AvgIpc) is 2.47. The van der Waals surface area contributed by atoms with Crippen LogP contribution < -0.4 is 0 Å². The first-order chi connectivity index (χ1) is 9.85. The van der Waals surface area contributed by atoms with Crippen molar-refractivity contribution >= 4 is 27.5 Å². The van der Waals surface area contributed by atoms with Crippen molar-refractivity contribution in [2.45, 2.75) is 38.7 Å². The van der Waals surface area contributed by atoms with Gasteiger partial charge in [0.15, 0.2) is 0 Å². The number of rotatable bonds is 4. The topological polar surface area (TPSA) is 20.2 Å². The van der Waals surface area contributed by atoms with Gasteiger partial charge in [0.1, 0.15) is 6.10 Å². The van der Waals surface area contributed by atoms with Crippen LogP contribution in [0.5, 0.6) is 0 Å². The van der Waals surface area contributed by atoms with Crippen LogP contribution in [0, 0.1) is 0 Å². The van der Waals surface area contributed by atoms with E-state index < -0.39 is 6.10 Å². The molecular formula is C18H20BrClO. The first-order valence-corrected chi connectivity index (χ1v) is 8.25. The van der Waals surface area contributed by atoms with Crippen LogP contribution in [-0.2, 0) is 5.41 Å². The van der Waals surface area contributed by atoms with E-state index >= 15 is 0 Å². The molecule has 0 aliphatic heterocycles. The molecule has 0 aliphatic rings. The molecule has 0 fully saturated rings. The van der Waals surface area contributed by atoms with Crippen molar-refractivity contribution in [3.05, 3.63) is 68.7 Å². The lowest BCUT2D eigenvalue weighted by molar-refractivity contribution is 0.219. The molecule has 3 heteroatoms. The van der Waals surface area contributed by atoms with Crippen LogP contribution in [0.15, 0.2) is 46.9 Å². The number of aliphatic hydroxyl groups excluding tert-OH is 1. The third-order valence-corrected chi connectivity index (χ3v) is 5.07. The maximum atomic E-state index is 10.5. The number of hydrogen-bond donors (Lipinski definition) is 1. The number of aliphatic hydroxyl groups is 1.